The summed E-state index contributed by atoms with van der Waals surface area (Å²) >= 11 is 0. The number of carbonyl (C=O) groups is 2. The van der Waals surface area contributed by atoms with Gasteiger partial charge in [0.15, 0.2) is 0 Å². The first-order chi connectivity index (χ1) is 10.8. The van der Waals surface area contributed by atoms with Crippen molar-refractivity contribution in [3.8, 4) is 5.75 Å². The smallest absolute Gasteiger partial charge is 0.369 e. The van der Waals surface area contributed by atoms with Crippen molar-refractivity contribution >= 4 is 28.0 Å². The van der Waals surface area contributed by atoms with Gasteiger partial charge in [0, 0.05) is 37.0 Å². The molecule has 0 saturated carbocycles. The first kappa shape index (κ1) is 15.5. The van der Waals surface area contributed by atoms with E-state index in [-0.39, 0.29) is 23.6 Å². The molecule has 1 saturated heterocycles. The van der Waals surface area contributed by atoms with E-state index in [0.29, 0.717) is 25.2 Å². The van der Waals surface area contributed by atoms with Crippen LogP contribution in [0.25, 0.3) is 0 Å². The van der Waals surface area contributed by atoms with Crippen LogP contribution in [0, 0.1) is 0 Å². The Labute approximate surface area is 132 Å². The zero-order chi connectivity index (χ0) is 16.6. The lowest BCUT2D eigenvalue weighted by Gasteiger charge is -2.23. The molecule has 2 heterocycles. The molecular formula is C14H13FN2O5S. The van der Waals surface area contributed by atoms with Crippen LogP contribution in [0.3, 0.4) is 0 Å². The molecule has 1 aromatic rings. The number of amides is 2. The monoisotopic (exact) mass is 340 g/mol. The fraction of sp³-hybridized carbons (Fsp3) is 0.286. The molecule has 2 amide bonds. The van der Waals surface area contributed by atoms with Crippen LogP contribution in [0.15, 0.2) is 36.4 Å². The lowest BCUT2D eigenvalue weighted by molar-refractivity contribution is -0.138. The Kier molecular flexibility index (Phi) is 3.80. The van der Waals surface area contributed by atoms with Crippen LogP contribution in [0.1, 0.15) is 6.42 Å². The average Bonchev–Trinajstić information content (AvgIpc) is 3.04. The summed E-state index contributed by atoms with van der Waals surface area (Å²) in [4.78, 5) is 26.5. The number of rotatable bonds is 4. The number of imide groups is 1. The summed E-state index contributed by atoms with van der Waals surface area (Å²) in [5.74, 6) is -0.798. The Morgan fingerprint density at radius 3 is 2.52 bits per heavy atom. The van der Waals surface area contributed by atoms with Crippen LogP contribution in [0.2, 0.25) is 0 Å². The Morgan fingerprint density at radius 1 is 1.17 bits per heavy atom. The fourth-order valence-electron chi connectivity index (χ4n) is 2.81. The van der Waals surface area contributed by atoms with E-state index in [9.17, 15) is 21.9 Å². The zero-order valence-electron chi connectivity index (χ0n) is 11.9. The van der Waals surface area contributed by atoms with E-state index in [1.807, 2.05) is 4.90 Å². The fourth-order valence-corrected chi connectivity index (χ4v) is 3.14. The SMILES string of the molecule is O=C1C=CC(=O)N1[C@H]1CCN(c2cccc(OS(=O)(=O)F)c2)C1. The molecule has 0 aliphatic carbocycles. The van der Waals surface area contributed by atoms with Gasteiger partial charge in [0.1, 0.15) is 5.75 Å². The number of halogens is 1. The molecular weight excluding hydrogens is 327 g/mol. The third kappa shape index (κ3) is 3.34. The molecule has 3 rings (SSSR count). The highest BCUT2D eigenvalue weighted by Crippen LogP contribution is 2.28. The van der Waals surface area contributed by atoms with E-state index in [1.165, 1.54) is 35.3 Å². The number of nitrogens with zero attached hydrogens (tertiary/aromatic N) is 2. The van der Waals surface area contributed by atoms with E-state index in [1.54, 1.807) is 6.07 Å². The van der Waals surface area contributed by atoms with Gasteiger partial charge >= 0.3 is 10.5 Å². The summed E-state index contributed by atoms with van der Waals surface area (Å²) in [5, 5.41) is 0. The van der Waals surface area contributed by atoms with Crippen molar-refractivity contribution in [1.29, 1.82) is 0 Å². The maximum atomic E-state index is 12.6. The number of benzene rings is 1. The molecule has 9 heteroatoms. The largest absolute Gasteiger partial charge is 0.488 e. The Morgan fingerprint density at radius 2 is 1.87 bits per heavy atom. The van der Waals surface area contributed by atoms with Crippen LogP contribution < -0.4 is 9.08 Å². The molecule has 1 fully saturated rings. The lowest BCUT2D eigenvalue weighted by Crippen LogP contribution is -2.41. The van der Waals surface area contributed by atoms with E-state index in [4.69, 9.17) is 0 Å². The standard InChI is InChI=1S/C14H13FN2O5S/c15-23(20,21)22-12-3-1-2-10(8-12)16-7-6-11(9-16)17-13(18)4-5-14(17)19/h1-5,8,11H,6-7,9H2/t11-/m0/s1. The predicted octanol–water partition coefficient (Wildman–Crippen LogP) is 0.783. The minimum Gasteiger partial charge on any atom is -0.369 e. The maximum absolute atomic E-state index is 12.6. The van der Waals surface area contributed by atoms with Crippen molar-refractivity contribution in [2.24, 2.45) is 0 Å². The van der Waals surface area contributed by atoms with Gasteiger partial charge in [0.2, 0.25) is 0 Å². The van der Waals surface area contributed by atoms with Gasteiger partial charge in [-0.3, -0.25) is 14.5 Å². The van der Waals surface area contributed by atoms with Crippen molar-refractivity contribution in [2.45, 2.75) is 12.5 Å². The molecule has 1 atom stereocenters. The van der Waals surface area contributed by atoms with Gasteiger partial charge in [-0.05, 0) is 18.6 Å². The van der Waals surface area contributed by atoms with Crippen LogP contribution in [0.4, 0.5) is 9.57 Å². The zero-order valence-corrected chi connectivity index (χ0v) is 12.7. The predicted molar refractivity (Wildman–Crippen MR) is 78.7 cm³/mol. The van der Waals surface area contributed by atoms with E-state index >= 15 is 0 Å². The first-order valence-corrected chi connectivity index (χ1v) is 8.19. The second-order valence-corrected chi connectivity index (χ2v) is 6.19. The third-order valence-corrected chi connectivity index (χ3v) is 4.14. The van der Waals surface area contributed by atoms with Gasteiger partial charge in [-0.15, -0.1) is 0 Å². The third-order valence-electron chi connectivity index (χ3n) is 3.75. The van der Waals surface area contributed by atoms with Crippen molar-refractivity contribution in [3.05, 3.63) is 36.4 Å². The summed E-state index contributed by atoms with van der Waals surface area (Å²) in [7, 11) is -5.08. The van der Waals surface area contributed by atoms with Crippen LogP contribution in [-0.2, 0) is 20.1 Å². The van der Waals surface area contributed by atoms with Gasteiger partial charge in [-0.25, -0.2) is 0 Å². The van der Waals surface area contributed by atoms with Crippen molar-refractivity contribution in [2.75, 3.05) is 18.0 Å². The second kappa shape index (κ2) is 5.65. The van der Waals surface area contributed by atoms with Crippen LogP contribution in [-0.4, -0.2) is 44.3 Å². The lowest BCUT2D eigenvalue weighted by atomic mass is 10.2. The molecule has 0 radical (unpaired) electrons. The summed E-state index contributed by atoms with van der Waals surface area (Å²) in [6.07, 6.45) is 3.09. The average molecular weight is 340 g/mol. The van der Waals surface area contributed by atoms with Gasteiger partial charge in [0.05, 0.1) is 6.04 Å². The number of anilines is 1. The van der Waals surface area contributed by atoms with Gasteiger partial charge in [-0.1, -0.05) is 9.95 Å². The Bertz CT molecular complexity index is 774. The van der Waals surface area contributed by atoms with Gasteiger partial charge in [-0.2, -0.15) is 8.42 Å². The van der Waals surface area contributed by atoms with E-state index in [2.05, 4.69) is 4.18 Å². The number of carbonyl (C=O) groups excluding carboxylic acids is 2. The molecule has 0 N–H and O–H groups in total. The molecule has 0 spiro atoms. The molecule has 122 valence electrons. The van der Waals surface area contributed by atoms with E-state index in [0.717, 1.165) is 0 Å². The normalized spacial score (nSPS) is 21.3. The highest BCUT2D eigenvalue weighted by atomic mass is 32.3. The quantitative estimate of drug-likeness (QED) is 0.595. The highest BCUT2D eigenvalue weighted by Gasteiger charge is 2.35. The molecule has 2 aliphatic rings. The molecule has 7 nitrogen and oxygen atoms in total. The summed E-state index contributed by atoms with van der Waals surface area (Å²) < 4.78 is 37.9. The Hall–Kier alpha value is -2.42. The molecule has 0 aromatic heterocycles. The summed E-state index contributed by atoms with van der Waals surface area (Å²) in [6.45, 7) is 0.999. The van der Waals surface area contributed by atoms with Crippen LogP contribution in [0.5, 0.6) is 5.75 Å². The van der Waals surface area contributed by atoms with Crippen molar-refractivity contribution in [3.63, 3.8) is 0 Å². The van der Waals surface area contributed by atoms with Gasteiger partial charge < -0.3 is 9.08 Å². The molecule has 1 aromatic carbocycles. The molecule has 0 unspecified atom stereocenters. The van der Waals surface area contributed by atoms with Gasteiger partial charge in [0.25, 0.3) is 11.8 Å². The van der Waals surface area contributed by atoms with Crippen LogP contribution >= 0.6 is 0 Å². The number of hydrogen-bond donors (Lipinski definition) is 0. The second-order valence-electron chi connectivity index (χ2n) is 5.24. The number of hydrogen-bond acceptors (Lipinski definition) is 6. The van der Waals surface area contributed by atoms with E-state index < -0.39 is 10.5 Å². The molecule has 0 bridgehead atoms. The summed E-state index contributed by atoms with van der Waals surface area (Å²) in [6, 6.07) is 5.72. The van der Waals surface area contributed by atoms with Crippen molar-refractivity contribution in [1.82, 2.24) is 4.90 Å². The topological polar surface area (TPSA) is 84.0 Å². The first-order valence-electron chi connectivity index (χ1n) is 6.88. The minimum atomic E-state index is -5.08. The molecule has 23 heavy (non-hydrogen) atoms. The maximum Gasteiger partial charge on any atom is 0.488 e. The summed E-state index contributed by atoms with van der Waals surface area (Å²) in [5.41, 5.74) is 0.626. The Balaban J connectivity index is 1.73. The highest BCUT2D eigenvalue weighted by molar-refractivity contribution is 7.81. The molecule has 2 aliphatic heterocycles. The van der Waals surface area contributed by atoms with Crippen molar-refractivity contribution < 1.29 is 26.1 Å². The minimum absolute atomic E-state index is 0.136.